The number of hydrogen-bond donors (Lipinski definition) is 1. The van der Waals surface area contributed by atoms with Gasteiger partial charge in [0.05, 0.1) is 5.71 Å². The Hall–Kier alpha value is -0.570. The fraction of sp³-hybridized carbons (Fsp3) is 0.938. The van der Waals surface area contributed by atoms with Crippen molar-refractivity contribution in [2.24, 2.45) is 21.9 Å². The number of nitrogens with zero attached hydrogens (tertiary/aromatic N) is 1. The zero-order valence-electron chi connectivity index (χ0n) is 13.5. The van der Waals surface area contributed by atoms with Crippen LogP contribution >= 0.6 is 0 Å². The molecule has 0 aromatic carbocycles. The fourth-order valence-corrected chi connectivity index (χ4v) is 3.21. The van der Waals surface area contributed by atoms with Crippen molar-refractivity contribution in [2.75, 3.05) is 13.1 Å². The number of oxime groups is 1. The molecule has 0 aromatic rings. The van der Waals surface area contributed by atoms with Gasteiger partial charge in [0.25, 0.3) is 0 Å². The summed E-state index contributed by atoms with van der Waals surface area (Å²) in [5.74, 6) is 0.560. The van der Waals surface area contributed by atoms with E-state index in [4.69, 9.17) is 4.84 Å². The van der Waals surface area contributed by atoms with Crippen molar-refractivity contribution in [3.63, 3.8) is 0 Å². The topological polar surface area (TPSA) is 33.6 Å². The van der Waals surface area contributed by atoms with Gasteiger partial charge >= 0.3 is 0 Å². The normalized spacial score (nSPS) is 32.3. The molecule has 1 fully saturated rings. The quantitative estimate of drug-likeness (QED) is 0.787. The maximum absolute atomic E-state index is 6.03. The predicted octanol–water partition coefficient (Wildman–Crippen LogP) is 3.59. The van der Waals surface area contributed by atoms with E-state index in [1.807, 2.05) is 0 Å². The Bertz CT molecular complexity index is 362. The minimum absolute atomic E-state index is 0.0405. The summed E-state index contributed by atoms with van der Waals surface area (Å²) in [7, 11) is 0. The second kappa shape index (κ2) is 4.76. The number of rotatable bonds is 1. The Morgan fingerprint density at radius 2 is 1.95 bits per heavy atom. The first-order chi connectivity index (χ1) is 8.62. The zero-order chi connectivity index (χ0) is 14.3. The molecule has 0 saturated carbocycles. The van der Waals surface area contributed by atoms with E-state index in [-0.39, 0.29) is 11.0 Å². The maximum Gasteiger partial charge on any atom is 0.148 e. The second-order valence-corrected chi connectivity index (χ2v) is 8.54. The van der Waals surface area contributed by atoms with Crippen LogP contribution in [0, 0.1) is 16.7 Å². The Kier molecular flexibility index (Phi) is 3.72. The standard InChI is InChI=1S/C16H30N2O/c1-14(2,3)9-12-11-17-8-7-16(12)10-13(18-19-16)15(4,5)6/h12,17H,7-11H2,1-6H3. The van der Waals surface area contributed by atoms with Gasteiger partial charge in [-0.1, -0.05) is 46.7 Å². The van der Waals surface area contributed by atoms with Crippen LogP contribution in [-0.4, -0.2) is 24.4 Å². The Morgan fingerprint density at radius 3 is 2.47 bits per heavy atom. The van der Waals surface area contributed by atoms with E-state index in [0.29, 0.717) is 11.3 Å². The predicted molar refractivity (Wildman–Crippen MR) is 80.4 cm³/mol. The van der Waals surface area contributed by atoms with Gasteiger partial charge in [-0.25, -0.2) is 0 Å². The van der Waals surface area contributed by atoms with Gasteiger partial charge in [0, 0.05) is 30.7 Å². The van der Waals surface area contributed by atoms with Gasteiger partial charge in [0.2, 0.25) is 0 Å². The molecular weight excluding hydrogens is 236 g/mol. The van der Waals surface area contributed by atoms with Crippen LogP contribution in [0.25, 0.3) is 0 Å². The minimum atomic E-state index is -0.0405. The van der Waals surface area contributed by atoms with Crippen LogP contribution in [0.3, 0.4) is 0 Å². The van der Waals surface area contributed by atoms with Gasteiger partial charge in [0.1, 0.15) is 5.60 Å². The highest BCUT2D eigenvalue weighted by Gasteiger charge is 2.50. The van der Waals surface area contributed by atoms with E-state index in [2.05, 4.69) is 52.0 Å². The molecule has 2 aliphatic heterocycles. The van der Waals surface area contributed by atoms with Gasteiger partial charge in [-0.05, 0) is 18.4 Å². The highest BCUT2D eigenvalue weighted by Crippen LogP contribution is 2.44. The molecule has 0 amide bonds. The molecule has 3 nitrogen and oxygen atoms in total. The molecule has 2 rings (SSSR count). The Balaban J connectivity index is 2.13. The van der Waals surface area contributed by atoms with Crippen LogP contribution in [0.15, 0.2) is 5.16 Å². The second-order valence-electron chi connectivity index (χ2n) is 8.54. The smallest absolute Gasteiger partial charge is 0.148 e. The van der Waals surface area contributed by atoms with Crippen molar-refractivity contribution in [1.82, 2.24) is 5.32 Å². The molecule has 1 spiro atoms. The third-order valence-corrected chi connectivity index (χ3v) is 4.39. The molecule has 19 heavy (non-hydrogen) atoms. The van der Waals surface area contributed by atoms with Crippen LogP contribution in [-0.2, 0) is 4.84 Å². The van der Waals surface area contributed by atoms with Gasteiger partial charge < -0.3 is 10.2 Å². The number of piperidine rings is 1. The third-order valence-electron chi connectivity index (χ3n) is 4.39. The van der Waals surface area contributed by atoms with Crippen molar-refractivity contribution >= 4 is 5.71 Å². The summed E-state index contributed by atoms with van der Waals surface area (Å²) in [4.78, 5) is 6.03. The first kappa shape index (κ1) is 14.8. The summed E-state index contributed by atoms with van der Waals surface area (Å²) in [5, 5.41) is 7.98. The molecule has 0 radical (unpaired) electrons. The SMILES string of the molecule is CC(C)(C)CC1CNCCC12CC(C(C)(C)C)=NO2. The molecule has 3 heteroatoms. The molecule has 0 aromatic heterocycles. The van der Waals surface area contributed by atoms with Crippen LogP contribution in [0.2, 0.25) is 0 Å². The zero-order valence-corrected chi connectivity index (χ0v) is 13.5. The molecule has 1 saturated heterocycles. The monoisotopic (exact) mass is 266 g/mol. The van der Waals surface area contributed by atoms with Gasteiger partial charge in [-0.2, -0.15) is 0 Å². The molecule has 2 heterocycles. The first-order valence-electron chi connectivity index (χ1n) is 7.59. The molecule has 110 valence electrons. The Labute approximate surface area is 118 Å². The molecule has 0 bridgehead atoms. The lowest BCUT2D eigenvalue weighted by Gasteiger charge is -2.42. The van der Waals surface area contributed by atoms with Gasteiger partial charge in [0.15, 0.2) is 0 Å². The Morgan fingerprint density at radius 1 is 1.26 bits per heavy atom. The summed E-state index contributed by atoms with van der Waals surface area (Å²) in [6, 6.07) is 0. The molecule has 2 unspecified atom stereocenters. The van der Waals surface area contributed by atoms with Crippen molar-refractivity contribution < 1.29 is 4.84 Å². The minimum Gasteiger partial charge on any atom is -0.388 e. The average Bonchev–Trinajstić information content (AvgIpc) is 2.65. The average molecular weight is 266 g/mol. The summed E-state index contributed by atoms with van der Waals surface area (Å²) in [5.41, 5.74) is 1.65. The molecule has 0 aliphatic carbocycles. The lowest BCUT2D eigenvalue weighted by atomic mass is 9.69. The van der Waals surface area contributed by atoms with Crippen LogP contribution in [0.1, 0.15) is 60.8 Å². The summed E-state index contributed by atoms with van der Waals surface area (Å²) in [6.07, 6.45) is 3.28. The lowest BCUT2D eigenvalue weighted by Crippen LogP contribution is -2.51. The van der Waals surface area contributed by atoms with E-state index in [0.717, 1.165) is 25.9 Å². The summed E-state index contributed by atoms with van der Waals surface area (Å²) in [6.45, 7) is 15.7. The lowest BCUT2D eigenvalue weighted by molar-refractivity contribution is -0.0902. The summed E-state index contributed by atoms with van der Waals surface area (Å²) < 4.78 is 0. The van der Waals surface area contributed by atoms with Crippen LogP contribution in [0.5, 0.6) is 0 Å². The van der Waals surface area contributed by atoms with Gasteiger partial charge in [-0.3, -0.25) is 0 Å². The van der Waals surface area contributed by atoms with Crippen molar-refractivity contribution in [2.45, 2.75) is 66.4 Å². The molecule has 2 aliphatic rings. The van der Waals surface area contributed by atoms with Crippen molar-refractivity contribution in [3.05, 3.63) is 0 Å². The first-order valence-corrected chi connectivity index (χ1v) is 7.59. The van der Waals surface area contributed by atoms with Crippen molar-refractivity contribution in [3.8, 4) is 0 Å². The highest BCUT2D eigenvalue weighted by atomic mass is 16.7. The van der Waals surface area contributed by atoms with Gasteiger partial charge in [-0.15, -0.1) is 0 Å². The largest absolute Gasteiger partial charge is 0.388 e. The third kappa shape index (κ3) is 3.31. The fourth-order valence-electron chi connectivity index (χ4n) is 3.21. The van der Waals surface area contributed by atoms with Crippen molar-refractivity contribution in [1.29, 1.82) is 0 Å². The van der Waals surface area contributed by atoms with E-state index in [1.54, 1.807) is 0 Å². The van der Waals surface area contributed by atoms with Crippen LogP contribution in [0.4, 0.5) is 0 Å². The summed E-state index contributed by atoms with van der Waals surface area (Å²) >= 11 is 0. The molecular formula is C16H30N2O. The van der Waals surface area contributed by atoms with E-state index < -0.39 is 0 Å². The van der Waals surface area contributed by atoms with E-state index in [9.17, 15) is 0 Å². The highest BCUT2D eigenvalue weighted by molar-refractivity contribution is 5.90. The van der Waals surface area contributed by atoms with E-state index >= 15 is 0 Å². The van der Waals surface area contributed by atoms with Crippen LogP contribution < -0.4 is 5.32 Å². The molecule has 1 N–H and O–H groups in total. The number of hydrogen-bond acceptors (Lipinski definition) is 3. The molecule has 2 atom stereocenters. The van der Waals surface area contributed by atoms with E-state index in [1.165, 1.54) is 12.1 Å². The maximum atomic E-state index is 6.03. The number of nitrogens with one attached hydrogen (secondary N) is 1.